The number of fused-ring (bicyclic) bond motifs is 12. The highest BCUT2D eigenvalue weighted by atomic mass is 16.3. The molecule has 0 aliphatic carbocycles. The number of nitrogens with zero attached hydrogens (tertiary/aromatic N) is 4. The van der Waals surface area contributed by atoms with Crippen molar-refractivity contribution in [2.75, 3.05) is 0 Å². The Kier molecular flexibility index (Phi) is 8.83. The van der Waals surface area contributed by atoms with Crippen LogP contribution >= 0.6 is 0 Å². The van der Waals surface area contributed by atoms with Crippen LogP contribution in [0.2, 0.25) is 0 Å². The minimum atomic E-state index is 0.599. The van der Waals surface area contributed by atoms with E-state index in [0.717, 1.165) is 116 Å². The molecule has 14 rings (SSSR count). The van der Waals surface area contributed by atoms with Crippen molar-refractivity contribution in [3.8, 4) is 67.4 Å². The van der Waals surface area contributed by atoms with Gasteiger partial charge in [-0.05, 0) is 109 Å². The van der Waals surface area contributed by atoms with Crippen molar-refractivity contribution in [2.24, 2.45) is 0 Å². The molecule has 5 nitrogen and oxygen atoms in total. The number of benzene rings is 11. The average Bonchev–Trinajstić information content (AvgIpc) is 3.80. The monoisotopic (exact) mass is 878 g/mol. The molecule has 0 fully saturated rings. The zero-order chi connectivity index (χ0) is 45.4. The molecule has 11 aromatic carbocycles. The summed E-state index contributed by atoms with van der Waals surface area (Å²) in [4.78, 5) is 21.5. The Morgan fingerprint density at radius 3 is 1.61 bits per heavy atom. The Labute approximate surface area is 396 Å². The molecule has 0 N–H and O–H groups in total. The number of aromatic nitrogens is 4. The van der Waals surface area contributed by atoms with Crippen molar-refractivity contribution in [3.05, 3.63) is 231 Å². The topological polar surface area (TPSA) is 64.7 Å². The molecule has 14 aromatic rings. The van der Waals surface area contributed by atoms with Crippen molar-refractivity contribution in [1.82, 2.24) is 19.9 Å². The van der Waals surface area contributed by atoms with Gasteiger partial charge in [0.1, 0.15) is 11.2 Å². The normalized spacial score (nSPS) is 11.8. The molecule has 0 aliphatic rings. The van der Waals surface area contributed by atoms with Crippen LogP contribution in [0.5, 0.6) is 0 Å². The fourth-order valence-corrected chi connectivity index (χ4v) is 10.3. The van der Waals surface area contributed by atoms with Crippen molar-refractivity contribution >= 4 is 76.1 Å². The molecule has 3 heterocycles. The summed E-state index contributed by atoms with van der Waals surface area (Å²) in [6.45, 7) is 0. The highest BCUT2D eigenvalue weighted by molar-refractivity contribution is 6.23. The molecule has 3 aromatic heterocycles. The van der Waals surface area contributed by atoms with Gasteiger partial charge in [0.15, 0.2) is 5.82 Å². The van der Waals surface area contributed by atoms with E-state index < -0.39 is 0 Å². The van der Waals surface area contributed by atoms with Crippen LogP contribution in [0.15, 0.2) is 235 Å². The number of hydrogen-bond acceptors (Lipinski definition) is 5. The van der Waals surface area contributed by atoms with Crippen LogP contribution in [-0.4, -0.2) is 19.9 Å². The van der Waals surface area contributed by atoms with Crippen molar-refractivity contribution < 1.29 is 4.42 Å². The van der Waals surface area contributed by atoms with Gasteiger partial charge in [-0.1, -0.05) is 170 Å². The summed E-state index contributed by atoms with van der Waals surface area (Å²) >= 11 is 0. The summed E-state index contributed by atoms with van der Waals surface area (Å²) in [6, 6.07) is 79.0. The van der Waals surface area contributed by atoms with E-state index in [1.165, 1.54) is 21.7 Å². The number of rotatable bonds is 6. The molecule has 0 spiro atoms. The summed E-state index contributed by atoms with van der Waals surface area (Å²) in [6.07, 6.45) is 1.92. The van der Waals surface area contributed by atoms with Gasteiger partial charge in [0.25, 0.3) is 0 Å². The molecule has 0 saturated heterocycles. The zero-order valence-corrected chi connectivity index (χ0v) is 37.1. The van der Waals surface area contributed by atoms with Crippen LogP contribution in [0.1, 0.15) is 0 Å². The summed E-state index contributed by atoms with van der Waals surface area (Å²) in [5.74, 6) is 0.599. The van der Waals surface area contributed by atoms with Gasteiger partial charge < -0.3 is 4.42 Å². The predicted octanol–water partition coefficient (Wildman–Crippen LogP) is 16.9. The smallest absolute Gasteiger partial charge is 0.160 e. The van der Waals surface area contributed by atoms with Crippen LogP contribution in [0.4, 0.5) is 0 Å². The first-order chi connectivity index (χ1) is 34.2. The number of hydrogen-bond donors (Lipinski definition) is 0. The lowest BCUT2D eigenvalue weighted by Gasteiger charge is -2.15. The van der Waals surface area contributed by atoms with Crippen molar-refractivity contribution in [2.45, 2.75) is 0 Å². The molecule has 0 bridgehead atoms. The molecule has 5 heteroatoms. The molecule has 0 aliphatic heterocycles. The first kappa shape index (κ1) is 38.9. The molecule has 320 valence electrons. The third-order valence-corrected chi connectivity index (χ3v) is 13.7. The number of furan rings is 1. The van der Waals surface area contributed by atoms with Gasteiger partial charge >= 0.3 is 0 Å². The van der Waals surface area contributed by atoms with Crippen LogP contribution in [0.3, 0.4) is 0 Å². The maximum Gasteiger partial charge on any atom is 0.160 e. The van der Waals surface area contributed by atoms with Crippen LogP contribution in [0, 0.1) is 0 Å². The summed E-state index contributed by atoms with van der Waals surface area (Å²) in [7, 11) is 0. The molecule has 0 atom stereocenters. The Balaban J connectivity index is 0.996. The van der Waals surface area contributed by atoms with Gasteiger partial charge in [-0.2, -0.15) is 0 Å². The fourth-order valence-electron chi connectivity index (χ4n) is 10.3. The first-order valence-corrected chi connectivity index (χ1v) is 23.3. The first-order valence-electron chi connectivity index (χ1n) is 23.3. The van der Waals surface area contributed by atoms with E-state index in [4.69, 9.17) is 24.4 Å². The predicted molar refractivity (Wildman–Crippen MR) is 285 cm³/mol. The molecule has 69 heavy (non-hydrogen) atoms. The highest BCUT2D eigenvalue weighted by Crippen LogP contribution is 2.41. The van der Waals surface area contributed by atoms with E-state index >= 15 is 0 Å². The summed E-state index contributed by atoms with van der Waals surface area (Å²) < 4.78 is 6.55. The Hall–Kier alpha value is -9.32. The van der Waals surface area contributed by atoms with E-state index in [2.05, 4.69) is 212 Å². The van der Waals surface area contributed by atoms with E-state index in [0.29, 0.717) is 5.82 Å². The van der Waals surface area contributed by atoms with Gasteiger partial charge in [0.2, 0.25) is 0 Å². The highest BCUT2D eigenvalue weighted by Gasteiger charge is 2.19. The standard InChI is InChI=1S/C64H38N4O/c1-3-15-39(16-4-1)41-28-30-60-56(34-41)52-29-27-43(36-61(52)69-60)58-37-57(40-17-5-2-6-18-40)67-64(68-58)46-32-44(55-35-42-19-7-8-20-47(42)48-21-9-10-24-51(48)55)31-45(33-46)59-38-65-62-53-25-13-11-22-49(53)50-23-12-14-26-54(50)63(62)66-59/h1-38H. The van der Waals surface area contributed by atoms with Gasteiger partial charge in [-0.15, -0.1) is 0 Å². The van der Waals surface area contributed by atoms with E-state index in [1.807, 2.05) is 18.3 Å². The summed E-state index contributed by atoms with van der Waals surface area (Å²) in [5, 5.41) is 11.4. The van der Waals surface area contributed by atoms with E-state index in [-0.39, 0.29) is 0 Å². The lowest BCUT2D eigenvalue weighted by molar-refractivity contribution is 0.669. The zero-order valence-electron chi connectivity index (χ0n) is 37.1. The molecular weight excluding hydrogens is 841 g/mol. The Morgan fingerprint density at radius 1 is 0.275 bits per heavy atom. The largest absolute Gasteiger partial charge is 0.456 e. The van der Waals surface area contributed by atoms with Crippen LogP contribution < -0.4 is 0 Å². The van der Waals surface area contributed by atoms with E-state index in [9.17, 15) is 0 Å². The summed E-state index contributed by atoms with van der Waals surface area (Å²) in [5.41, 5.74) is 13.9. The van der Waals surface area contributed by atoms with Crippen LogP contribution in [-0.2, 0) is 0 Å². The molecule has 0 saturated carbocycles. The van der Waals surface area contributed by atoms with Gasteiger partial charge in [0.05, 0.1) is 34.3 Å². The maximum atomic E-state index is 6.55. The van der Waals surface area contributed by atoms with Gasteiger partial charge in [-0.3, -0.25) is 4.98 Å². The molecule has 0 radical (unpaired) electrons. The van der Waals surface area contributed by atoms with Gasteiger partial charge in [0, 0.05) is 43.8 Å². The second-order valence-electron chi connectivity index (χ2n) is 17.8. The average molecular weight is 879 g/mol. The fraction of sp³-hybridized carbons (Fsp3) is 0. The van der Waals surface area contributed by atoms with Crippen molar-refractivity contribution in [1.29, 1.82) is 0 Å². The second-order valence-corrected chi connectivity index (χ2v) is 17.8. The third-order valence-electron chi connectivity index (χ3n) is 13.7. The Morgan fingerprint density at radius 2 is 0.855 bits per heavy atom. The van der Waals surface area contributed by atoms with Crippen LogP contribution in [0.25, 0.3) is 143 Å². The van der Waals surface area contributed by atoms with Gasteiger partial charge in [-0.25, -0.2) is 15.0 Å². The minimum Gasteiger partial charge on any atom is -0.456 e. The third kappa shape index (κ3) is 6.55. The quantitative estimate of drug-likeness (QED) is 0.156. The Bertz CT molecular complexity index is 4330. The molecule has 0 amide bonds. The molecular formula is C64H38N4O. The lowest BCUT2D eigenvalue weighted by Crippen LogP contribution is -1.98. The SMILES string of the molecule is c1ccc(-c2ccc3oc4cc(-c5cc(-c6ccccc6)nc(-c6cc(-c7cnc8c9ccccc9c9ccccc9c8n7)cc(-c7cc8ccccc8c8ccccc78)c6)n5)ccc4c3c2)cc1. The minimum absolute atomic E-state index is 0.599. The molecule has 0 unspecified atom stereocenters. The maximum absolute atomic E-state index is 6.55. The lowest BCUT2D eigenvalue weighted by atomic mass is 9.91. The van der Waals surface area contributed by atoms with E-state index in [1.54, 1.807) is 0 Å². The second kappa shape index (κ2) is 15.7. The van der Waals surface area contributed by atoms with Crippen molar-refractivity contribution in [3.63, 3.8) is 0 Å².